The second-order valence-corrected chi connectivity index (χ2v) is 4.98. The Morgan fingerprint density at radius 3 is 2.39 bits per heavy atom. The van der Waals surface area contributed by atoms with Gasteiger partial charge in [-0.2, -0.15) is 0 Å². The molecular weight excluding hydrogens is 300 g/mol. The summed E-state index contributed by atoms with van der Waals surface area (Å²) in [6.07, 6.45) is 0. The summed E-state index contributed by atoms with van der Waals surface area (Å²) in [5.74, 6) is -2.20. The lowest BCUT2D eigenvalue weighted by molar-refractivity contribution is -0.156. The summed E-state index contributed by atoms with van der Waals surface area (Å²) in [7, 11) is 0. The first kappa shape index (κ1) is 12.9. The van der Waals surface area contributed by atoms with Gasteiger partial charge in [0.25, 0.3) is 0 Å². The van der Waals surface area contributed by atoms with Crippen LogP contribution in [0.1, 0.15) is 0 Å². The highest BCUT2D eigenvalue weighted by Crippen LogP contribution is 2.21. The third-order valence-electron chi connectivity index (χ3n) is 2.92. The third-order valence-corrected chi connectivity index (χ3v) is 3.42. The lowest BCUT2D eigenvalue weighted by atomic mass is 10.2. The van der Waals surface area contributed by atoms with Crippen molar-refractivity contribution >= 4 is 33.5 Å². The Bertz CT molecular complexity index is 470. The van der Waals surface area contributed by atoms with E-state index in [9.17, 15) is 9.59 Å². The average molecular weight is 313 g/mol. The minimum atomic E-state index is -1.38. The molecule has 1 aromatic rings. The Kier molecular flexibility index (Phi) is 3.86. The van der Waals surface area contributed by atoms with Crippen LogP contribution in [0.2, 0.25) is 0 Å². The average Bonchev–Trinajstić information content (AvgIpc) is 2.38. The lowest BCUT2D eigenvalue weighted by Gasteiger charge is -2.35. The van der Waals surface area contributed by atoms with Crippen LogP contribution >= 0.6 is 15.9 Å². The normalized spacial score (nSPS) is 15.6. The number of aliphatic carboxylic acids is 1. The van der Waals surface area contributed by atoms with Crippen molar-refractivity contribution in [1.29, 1.82) is 0 Å². The number of carboxylic acids is 1. The van der Waals surface area contributed by atoms with E-state index in [0.717, 1.165) is 10.2 Å². The number of nitrogens with zero attached hydrogens (tertiary/aromatic N) is 2. The molecule has 0 radical (unpaired) electrons. The number of amides is 1. The summed E-state index contributed by atoms with van der Waals surface area (Å²) in [5.41, 5.74) is 1.08. The Labute approximate surface area is 113 Å². The van der Waals surface area contributed by atoms with Gasteiger partial charge in [-0.3, -0.25) is 4.79 Å². The van der Waals surface area contributed by atoms with Gasteiger partial charge >= 0.3 is 11.9 Å². The zero-order valence-electron chi connectivity index (χ0n) is 9.67. The number of halogens is 1. The van der Waals surface area contributed by atoms with Gasteiger partial charge in [0.05, 0.1) is 0 Å². The summed E-state index contributed by atoms with van der Waals surface area (Å²) in [5, 5.41) is 8.64. The molecule has 6 heteroatoms. The molecule has 1 fully saturated rings. The molecule has 0 spiro atoms. The number of anilines is 1. The third kappa shape index (κ3) is 2.81. The summed E-state index contributed by atoms with van der Waals surface area (Å²) in [4.78, 5) is 25.4. The molecule has 0 aromatic heterocycles. The number of piperazine rings is 1. The monoisotopic (exact) mass is 312 g/mol. The zero-order valence-corrected chi connectivity index (χ0v) is 11.3. The fourth-order valence-electron chi connectivity index (χ4n) is 1.98. The van der Waals surface area contributed by atoms with E-state index in [2.05, 4.69) is 20.8 Å². The number of carbonyl (C=O) groups excluding carboxylic acids is 1. The second kappa shape index (κ2) is 5.39. The summed E-state index contributed by atoms with van der Waals surface area (Å²) < 4.78 is 1.00. The Hall–Kier alpha value is -1.56. The van der Waals surface area contributed by atoms with E-state index in [-0.39, 0.29) is 0 Å². The molecule has 1 saturated heterocycles. The molecule has 0 atom stereocenters. The van der Waals surface area contributed by atoms with Crippen molar-refractivity contribution in [2.24, 2.45) is 0 Å². The Balaban J connectivity index is 1.98. The van der Waals surface area contributed by atoms with E-state index in [1.54, 1.807) is 0 Å². The molecule has 2 rings (SSSR count). The van der Waals surface area contributed by atoms with E-state index in [4.69, 9.17) is 5.11 Å². The maximum Gasteiger partial charge on any atom is 0.394 e. The van der Waals surface area contributed by atoms with Crippen molar-refractivity contribution in [2.45, 2.75) is 0 Å². The molecule has 5 nitrogen and oxygen atoms in total. The molecule has 0 saturated carbocycles. The van der Waals surface area contributed by atoms with Crippen molar-refractivity contribution < 1.29 is 14.7 Å². The first-order chi connectivity index (χ1) is 8.58. The number of carbonyl (C=O) groups is 2. The van der Waals surface area contributed by atoms with Gasteiger partial charge in [-0.25, -0.2) is 4.79 Å². The van der Waals surface area contributed by atoms with Crippen molar-refractivity contribution in [3.8, 4) is 0 Å². The summed E-state index contributed by atoms with van der Waals surface area (Å²) in [6, 6.07) is 7.91. The molecule has 18 heavy (non-hydrogen) atoms. The van der Waals surface area contributed by atoms with Crippen LogP contribution < -0.4 is 4.90 Å². The molecule has 1 N–H and O–H groups in total. The van der Waals surface area contributed by atoms with Gasteiger partial charge in [0, 0.05) is 36.3 Å². The van der Waals surface area contributed by atoms with Gasteiger partial charge in [-0.1, -0.05) is 22.0 Å². The molecule has 0 aliphatic carbocycles. The van der Waals surface area contributed by atoms with Crippen molar-refractivity contribution in [3.63, 3.8) is 0 Å². The highest BCUT2D eigenvalue weighted by atomic mass is 79.9. The quantitative estimate of drug-likeness (QED) is 0.791. The number of hydrogen-bond acceptors (Lipinski definition) is 3. The minimum Gasteiger partial charge on any atom is -0.474 e. The van der Waals surface area contributed by atoms with Crippen LogP contribution in [0.5, 0.6) is 0 Å². The highest BCUT2D eigenvalue weighted by Gasteiger charge is 2.25. The van der Waals surface area contributed by atoms with Gasteiger partial charge in [-0.05, 0) is 18.2 Å². The first-order valence-electron chi connectivity index (χ1n) is 5.60. The van der Waals surface area contributed by atoms with Crippen LogP contribution in [0.15, 0.2) is 28.7 Å². The molecule has 1 aromatic carbocycles. The predicted octanol–water partition coefficient (Wildman–Crippen LogP) is 1.18. The Morgan fingerprint density at radius 1 is 1.17 bits per heavy atom. The van der Waals surface area contributed by atoms with Gasteiger partial charge in [0.1, 0.15) is 0 Å². The lowest BCUT2D eigenvalue weighted by Crippen LogP contribution is -2.50. The van der Waals surface area contributed by atoms with Crippen LogP contribution in [-0.4, -0.2) is 48.1 Å². The van der Waals surface area contributed by atoms with Crippen LogP contribution in [0.3, 0.4) is 0 Å². The van der Waals surface area contributed by atoms with Crippen LogP contribution in [0.4, 0.5) is 5.69 Å². The number of rotatable bonds is 1. The standard InChI is InChI=1S/C12H13BrN2O3/c13-9-2-1-3-10(8-9)14-4-6-15(7-5-14)11(16)12(17)18/h1-3,8H,4-7H2,(H,17,18). The smallest absolute Gasteiger partial charge is 0.394 e. The van der Waals surface area contributed by atoms with E-state index >= 15 is 0 Å². The maximum absolute atomic E-state index is 11.3. The zero-order chi connectivity index (χ0) is 13.1. The maximum atomic E-state index is 11.3. The molecule has 0 unspecified atom stereocenters. The molecule has 1 heterocycles. The van der Waals surface area contributed by atoms with Crippen LogP contribution in [-0.2, 0) is 9.59 Å². The molecule has 1 aliphatic heterocycles. The van der Waals surface area contributed by atoms with Crippen LogP contribution in [0.25, 0.3) is 0 Å². The van der Waals surface area contributed by atoms with Gasteiger partial charge in [0.2, 0.25) is 0 Å². The van der Waals surface area contributed by atoms with Gasteiger partial charge < -0.3 is 14.9 Å². The Morgan fingerprint density at radius 2 is 1.83 bits per heavy atom. The summed E-state index contributed by atoms with van der Waals surface area (Å²) >= 11 is 3.41. The molecule has 0 bridgehead atoms. The topological polar surface area (TPSA) is 60.9 Å². The fraction of sp³-hybridized carbons (Fsp3) is 0.333. The first-order valence-corrected chi connectivity index (χ1v) is 6.40. The number of hydrogen-bond donors (Lipinski definition) is 1. The fourth-order valence-corrected chi connectivity index (χ4v) is 2.36. The molecule has 1 amide bonds. The SMILES string of the molecule is O=C(O)C(=O)N1CCN(c2cccc(Br)c2)CC1. The van der Waals surface area contributed by atoms with E-state index < -0.39 is 11.9 Å². The highest BCUT2D eigenvalue weighted by molar-refractivity contribution is 9.10. The minimum absolute atomic E-state index is 0.442. The summed E-state index contributed by atoms with van der Waals surface area (Å²) in [6.45, 7) is 2.18. The predicted molar refractivity (Wildman–Crippen MR) is 70.6 cm³/mol. The number of carboxylic acid groups (broad SMARTS) is 1. The van der Waals surface area contributed by atoms with Gasteiger partial charge in [-0.15, -0.1) is 0 Å². The van der Waals surface area contributed by atoms with E-state index in [1.165, 1.54) is 4.90 Å². The molecular formula is C12H13BrN2O3. The van der Waals surface area contributed by atoms with Crippen LogP contribution in [0, 0.1) is 0 Å². The van der Waals surface area contributed by atoms with Crippen molar-refractivity contribution in [2.75, 3.05) is 31.1 Å². The largest absolute Gasteiger partial charge is 0.474 e. The van der Waals surface area contributed by atoms with E-state index in [0.29, 0.717) is 26.2 Å². The number of benzene rings is 1. The second-order valence-electron chi connectivity index (χ2n) is 4.06. The molecule has 1 aliphatic rings. The van der Waals surface area contributed by atoms with Gasteiger partial charge in [0.15, 0.2) is 0 Å². The molecule has 96 valence electrons. The van der Waals surface area contributed by atoms with E-state index in [1.807, 2.05) is 24.3 Å². The van der Waals surface area contributed by atoms with Crippen molar-refractivity contribution in [1.82, 2.24) is 4.90 Å². The van der Waals surface area contributed by atoms with Crippen molar-refractivity contribution in [3.05, 3.63) is 28.7 Å².